The van der Waals surface area contributed by atoms with Gasteiger partial charge in [0.15, 0.2) is 0 Å². The predicted octanol–water partition coefficient (Wildman–Crippen LogP) is 3.77. The van der Waals surface area contributed by atoms with E-state index in [1.54, 1.807) is 16.8 Å². The standard InChI is InChI=1S/C11H16BrNOS/c1-7-2-4-8(5-3-7)9(14)10-11(12)13-6-15-10/h6-9,14H,2-5H2,1H3. The molecule has 0 aliphatic heterocycles. The monoisotopic (exact) mass is 289 g/mol. The number of hydrogen-bond acceptors (Lipinski definition) is 3. The van der Waals surface area contributed by atoms with Crippen molar-refractivity contribution in [3.05, 3.63) is 15.0 Å². The van der Waals surface area contributed by atoms with Crippen LogP contribution in [-0.4, -0.2) is 10.1 Å². The van der Waals surface area contributed by atoms with Crippen LogP contribution in [0.5, 0.6) is 0 Å². The maximum Gasteiger partial charge on any atom is 0.122 e. The third-order valence-electron chi connectivity index (χ3n) is 3.32. The molecule has 0 saturated heterocycles. The van der Waals surface area contributed by atoms with Gasteiger partial charge in [-0.3, -0.25) is 0 Å². The Morgan fingerprint density at radius 2 is 2.13 bits per heavy atom. The summed E-state index contributed by atoms with van der Waals surface area (Å²) in [5.74, 6) is 1.26. The summed E-state index contributed by atoms with van der Waals surface area (Å²) in [5.41, 5.74) is 1.79. The highest BCUT2D eigenvalue weighted by atomic mass is 79.9. The highest BCUT2D eigenvalue weighted by molar-refractivity contribution is 9.10. The Morgan fingerprint density at radius 1 is 1.47 bits per heavy atom. The van der Waals surface area contributed by atoms with Crippen LogP contribution in [0.2, 0.25) is 0 Å². The van der Waals surface area contributed by atoms with E-state index in [-0.39, 0.29) is 6.10 Å². The van der Waals surface area contributed by atoms with Crippen molar-refractivity contribution in [1.29, 1.82) is 0 Å². The van der Waals surface area contributed by atoms with Crippen molar-refractivity contribution >= 4 is 27.3 Å². The van der Waals surface area contributed by atoms with Gasteiger partial charge in [-0.25, -0.2) is 4.98 Å². The number of thiazole rings is 1. The molecule has 0 aromatic carbocycles. The number of halogens is 1. The maximum absolute atomic E-state index is 10.2. The summed E-state index contributed by atoms with van der Waals surface area (Å²) < 4.78 is 0.818. The molecular weight excluding hydrogens is 274 g/mol. The smallest absolute Gasteiger partial charge is 0.122 e. The molecule has 1 saturated carbocycles. The van der Waals surface area contributed by atoms with Crippen LogP contribution in [-0.2, 0) is 0 Å². The molecular formula is C11H16BrNOS. The van der Waals surface area contributed by atoms with Crippen LogP contribution in [0, 0.1) is 11.8 Å². The molecule has 4 heteroatoms. The van der Waals surface area contributed by atoms with E-state index < -0.39 is 0 Å². The summed E-state index contributed by atoms with van der Waals surface area (Å²) in [5, 5.41) is 10.2. The summed E-state index contributed by atoms with van der Waals surface area (Å²) >= 11 is 4.93. The zero-order chi connectivity index (χ0) is 10.8. The largest absolute Gasteiger partial charge is 0.387 e. The van der Waals surface area contributed by atoms with Crippen LogP contribution in [0.15, 0.2) is 10.1 Å². The van der Waals surface area contributed by atoms with Gasteiger partial charge in [-0.05, 0) is 40.6 Å². The van der Waals surface area contributed by atoms with Gasteiger partial charge in [0.25, 0.3) is 0 Å². The Morgan fingerprint density at radius 3 is 2.67 bits per heavy atom. The first-order valence-electron chi connectivity index (χ1n) is 5.45. The summed E-state index contributed by atoms with van der Waals surface area (Å²) in [6.07, 6.45) is 4.47. The van der Waals surface area contributed by atoms with E-state index >= 15 is 0 Å². The average Bonchev–Trinajstić information content (AvgIpc) is 2.65. The second-order valence-corrected chi connectivity index (χ2v) is 6.11. The molecule has 1 unspecified atom stereocenters. The first-order chi connectivity index (χ1) is 7.18. The van der Waals surface area contributed by atoms with E-state index in [0.29, 0.717) is 5.92 Å². The number of hydrogen-bond donors (Lipinski definition) is 1. The van der Waals surface area contributed by atoms with Crippen LogP contribution in [0.1, 0.15) is 43.6 Å². The van der Waals surface area contributed by atoms with Crippen LogP contribution >= 0.6 is 27.3 Å². The topological polar surface area (TPSA) is 33.1 Å². The molecule has 1 atom stereocenters. The zero-order valence-electron chi connectivity index (χ0n) is 8.82. The van der Waals surface area contributed by atoms with Gasteiger partial charge in [-0.2, -0.15) is 0 Å². The van der Waals surface area contributed by atoms with Crippen LogP contribution < -0.4 is 0 Å². The second kappa shape index (κ2) is 4.93. The predicted molar refractivity (Wildman–Crippen MR) is 65.9 cm³/mol. The van der Waals surface area contributed by atoms with E-state index in [9.17, 15) is 5.11 Å². The molecule has 2 rings (SSSR count). The molecule has 2 nitrogen and oxygen atoms in total. The summed E-state index contributed by atoms with van der Waals surface area (Å²) in [7, 11) is 0. The number of aliphatic hydroxyl groups is 1. The van der Waals surface area contributed by atoms with E-state index in [1.165, 1.54) is 12.8 Å². The van der Waals surface area contributed by atoms with Gasteiger partial charge >= 0.3 is 0 Å². The van der Waals surface area contributed by atoms with Crippen LogP contribution in [0.4, 0.5) is 0 Å². The SMILES string of the molecule is CC1CCC(C(O)c2scnc2Br)CC1. The minimum Gasteiger partial charge on any atom is -0.387 e. The first kappa shape index (κ1) is 11.6. The lowest BCUT2D eigenvalue weighted by molar-refractivity contribution is 0.0777. The lowest BCUT2D eigenvalue weighted by atomic mass is 9.80. The summed E-state index contributed by atoms with van der Waals surface area (Å²) in [6, 6.07) is 0. The molecule has 84 valence electrons. The normalized spacial score (nSPS) is 29.0. The van der Waals surface area contributed by atoms with E-state index in [1.807, 2.05) is 0 Å². The van der Waals surface area contributed by atoms with E-state index in [0.717, 1.165) is 28.2 Å². The quantitative estimate of drug-likeness (QED) is 0.899. The van der Waals surface area contributed by atoms with Gasteiger partial charge in [-0.1, -0.05) is 19.8 Å². The second-order valence-electron chi connectivity index (χ2n) is 4.47. The molecule has 1 aromatic rings. The maximum atomic E-state index is 10.2. The fraction of sp³-hybridized carbons (Fsp3) is 0.727. The van der Waals surface area contributed by atoms with E-state index in [2.05, 4.69) is 27.8 Å². The zero-order valence-corrected chi connectivity index (χ0v) is 11.2. The molecule has 0 spiro atoms. The minimum absolute atomic E-state index is 0.320. The summed E-state index contributed by atoms with van der Waals surface area (Å²) in [6.45, 7) is 2.30. The highest BCUT2D eigenvalue weighted by Crippen LogP contribution is 2.39. The molecule has 0 amide bonds. The number of nitrogens with zero attached hydrogens (tertiary/aromatic N) is 1. The Kier molecular flexibility index (Phi) is 3.80. The number of aromatic nitrogens is 1. The van der Waals surface area contributed by atoms with Crippen molar-refractivity contribution < 1.29 is 5.11 Å². The van der Waals surface area contributed by atoms with Crippen LogP contribution in [0.3, 0.4) is 0 Å². The number of rotatable bonds is 2. The molecule has 15 heavy (non-hydrogen) atoms. The highest BCUT2D eigenvalue weighted by Gasteiger charge is 2.27. The van der Waals surface area contributed by atoms with Crippen molar-refractivity contribution in [2.45, 2.75) is 38.7 Å². The Hall–Kier alpha value is 0.0700. The number of aliphatic hydroxyl groups excluding tert-OH is 1. The molecule has 1 aromatic heterocycles. The summed E-state index contributed by atoms with van der Waals surface area (Å²) in [4.78, 5) is 5.12. The lowest BCUT2D eigenvalue weighted by Gasteiger charge is -2.29. The molecule has 1 N–H and O–H groups in total. The minimum atomic E-state index is -0.320. The molecule has 1 aliphatic carbocycles. The van der Waals surface area contributed by atoms with Crippen molar-refractivity contribution in [1.82, 2.24) is 4.98 Å². The fourth-order valence-corrected chi connectivity index (χ4v) is 3.76. The Balaban J connectivity index is 2.02. The average molecular weight is 290 g/mol. The van der Waals surface area contributed by atoms with Gasteiger partial charge in [0.1, 0.15) is 4.60 Å². The molecule has 0 bridgehead atoms. The van der Waals surface area contributed by atoms with Gasteiger partial charge < -0.3 is 5.11 Å². The Bertz CT molecular complexity index is 320. The third kappa shape index (κ3) is 2.60. The van der Waals surface area contributed by atoms with Crippen molar-refractivity contribution in [2.75, 3.05) is 0 Å². The van der Waals surface area contributed by atoms with Crippen molar-refractivity contribution in [3.63, 3.8) is 0 Å². The van der Waals surface area contributed by atoms with Crippen molar-refractivity contribution in [3.8, 4) is 0 Å². The van der Waals surface area contributed by atoms with Crippen LogP contribution in [0.25, 0.3) is 0 Å². The Labute approximate surface area is 103 Å². The molecule has 1 aliphatic rings. The van der Waals surface area contributed by atoms with Gasteiger partial charge in [0.05, 0.1) is 16.5 Å². The van der Waals surface area contributed by atoms with E-state index in [4.69, 9.17) is 0 Å². The van der Waals surface area contributed by atoms with Gasteiger partial charge in [-0.15, -0.1) is 11.3 Å². The molecule has 1 heterocycles. The van der Waals surface area contributed by atoms with Gasteiger partial charge in [0.2, 0.25) is 0 Å². The van der Waals surface area contributed by atoms with Crippen molar-refractivity contribution in [2.24, 2.45) is 11.8 Å². The third-order valence-corrected chi connectivity index (χ3v) is 5.12. The fourth-order valence-electron chi connectivity index (χ4n) is 2.25. The molecule has 0 radical (unpaired) electrons. The lowest BCUT2D eigenvalue weighted by Crippen LogP contribution is -2.18. The van der Waals surface area contributed by atoms with Gasteiger partial charge in [0, 0.05) is 0 Å². The molecule has 1 fully saturated rings. The first-order valence-corrected chi connectivity index (χ1v) is 7.12.